The van der Waals surface area contributed by atoms with Gasteiger partial charge >= 0.3 is 7.32 Å². The summed E-state index contributed by atoms with van der Waals surface area (Å²) in [6, 6.07) is 9.46. The second-order valence-electron chi connectivity index (χ2n) is 3.27. The molecule has 3 N–H and O–H groups in total. The zero-order valence-electron chi connectivity index (χ0n) is 9.33. The minimum Gasteiger partial charge on any atom is -0.402 e. The smallest absolute Gasteiger partial charge is 0.402 e. The van der Waals surface area contributed by atoms with Crippen LogP contribution in [0.2, 0.25) is 0 Å². The lowest BCUT2D eigenvalue weighted by Crippen LogP contribution is -2.13. The van der Waals surface area contributed by atoms with Gasteiger partial charge in [-0.25, -0.2) is 0 Å². The van der Waals surface area contributed by atoms with Crippen molar-refractivity contribution in [1.29, 1.82) is 0 Å². The topological polar surface area (TPSA) is 77.8 Å². The summed E-state index contributed by atoms with van der Waals surface area (Å²) >= 11 is 0. The van der Waals surface area contributed by atoms with Crippen LogP contribution >= 0.6 is 0 Å². The molecule has 1 aromatic carbocycles. The van der Waals surface area contributed by atoms with Crippen molar-refractivity contribution in [1.82, 2.24) is 0 Å². The van der Waals surface area contributed by atoms with Gasteiger partial charge in [0.25, 0.3) is 0 Å². The van der Waals surface area contributed by atoms with Crippen molar-refractivity contribution in [2.75, 3.05) is 18.3 Å². The zero-order valence-corrected chi connectivity index (χ0v) is 10.1. The Morgan fingerprint density at radius 2 is 1.62 bits per heavy atom. The fourth-order valence-electron chi connectivity index (χ4n) is 0.970. The first-order valence-corrected chi connectivity index (χ1v) is 6.81. The molecule has 4 nitrogen and oxygen atoms in total. The summed E-state index contributed by atoms with van der Waals surface area (Å²) < 4.78 is 0. The summed E-state index contributed by atoms with van der Waals surface area (Å²) in [6.45, 7) is 0. The van der Waals surface area contributed by atoms with E-state index in [0.29, 0.717) is 5.75 Å². The molecule has 1 aromatic rings. The maximum atomic E-state index is 11.5. The van der Waals surface area contributed by atoms with E-state index in [1.54, 1.807) is 0 Å². The Bertz CT molecular complexity index is 300. The Balaban J connectivity index is 0.000000487. The Kier molecular flexibility index (Phi) is 7.92. The minimum absolute atomic E-state index is 0.204. The molecule has 0 bridgehead atoms. The summed E-state index contributed by atoms with van der Waals surface area (Å²) in [5.41, 5.74) is 0.832. The van der Waals surface area contributed by atoms with Gasteiger partial charge in [-0.3, -0.25) is 4.79 Å². The van der Waals surface area contributed by atoms with Crippen molar-refractivity contribution in [2.45, 2.75) is 0 Å². The molecule has 0 atom stereocenters. The number of carbonyl (C=O) groups excluding carboxylic acids is 1. The monoisotopic (exact) mass is 243 g/mol. The lowest BCUT2D eigenvalue weighted by atomic mass is 10.2. The molecule has 0 spiro atoms. The van der Waals surface area contributed by atoms with Gasteiger partial charge < -0.3 is 15.1 Å². The molecule has 0 amide bonds. The van der Waals surface area contributed by atoms with Crippen LogP contribution in [0.5, 0.6) is 0 Å². The Hall–Kier alpha value is -0.815. The second-order valence-corrected chi connectivity index (χ2v) is 5.53. The van der Waals surface area contributed by atoms with E-state index < -0.39 is 7.32 Å². The standard InChI is InChI=1S/C10H13OS.BH3O3/c1-12(2)8-10(11)9-6-4-3-5-7-9;2-1(3)4/h3-7H,8H2,1-2H3;2-4H/q+1;. The first-order valence-electron chi connectivity index (χ1n) is 4.60. The van der Waals surface area contributed by atoms with Crippen LogP contribution in [-0.4, -0.2) is 46.4 Å². The predicted octanol–water partition coefficient (Wildman–Crippen LogP) is -0.305. The molecule has 0 aromatic heterocycles. The lowest BCUT2D eigenvalue weighted by molar-refractivity contribution is 0.102. The number of hydrogen-bond acceptors (Lipinski definition) is 4. The first kappa shape index (κ1) is 15.2. The molecule has 88 valence electrons. The highest BCUT2D eigenvalue weighted by Crippen LogP contribution is 2.01. The van der Waals surface area contributed by atoms with Crippen LogP contribution in [0.1, 0.15) is 10.4 Å². The van der Waals surface area contributed by atoms with Gasteiger partial charge in [-0.15, -0.1) is 0 Å². The van der Waals surface area contributed by atoms with E-state index in [2.05, 4.69) is 12.5 Å². The highest BCUT2D eigenvalue weighted by Gasteiger charge is 2.12. The van der Waals surface area contributed by atoms with Crippen molar-refractivity contribution in [2.24, 2.45) is 0 Å². The van der Waals surface area contributed by atoms with Crippen molar-refractivity contribution in [3.63, 3.8) is 0 Å². The van der Waals surface area contributed by atoms with Crippen LogP contribution in [0.25, 0.3) is 0 Å². The average molecular weight is 243 g/mol. The number of ketones is 1. The molecule has 0 aliphatic carbocycles. The maximum Gasteiger partial charge on any atom is 0.631 e. The maximum absolute atomic E-state index is 11.5. The highest BCUT2D eigenvalue weighted by atomic mass is 32.2. The summed E-state index contributed by atoms with van der Waals surface area (Å²) in [5, 5.41) is 21.5. The van der Waals surface area contributed by atoms with Crippen LogP contribution in [0, 0.1) is 0 Å². The molecular weight excluding hydrogens is 227 g/mol. The number of rotatable bonds is 3. The molecule has 1 rings (SSSR count). The summed E-state index contributed by atoms with van der Waals surface area (Å²) in [7, 11) is -1.96. The summed E-state index contributed by atoms with van der Waals surface area (Å²) in [4.78, 5) is 11.5. The third-order valence-electron chi connectivity index (χ3n) is 1.52. The van der Waals surface area contributed by atoms with E-state index in [1.807, 2.05) is 30.3 Å². The predicted molar refractivity (Wildman–Crippen MR) is 67.3 cm³/mol. The van der Waals surface area contributed by atoms with E-state index in [9.17, 15) is 4.79 Å². The van der Waals surface area contributed by atoms with Crippen molar-refractivity contribution >= 4 is 24.0 Å². The quantitative estimate of drug-likeness (QED) is 0.387. The van der Waals surface area contributed by atoms with Crippen molar-refractivity contribution in [3.05, 3.63) is 35.9 Å². The fraction of sp³-hybridized carbons (Fsp3) is 0.300. The van der Waals surface area contributed by atoms with Gasteiger partial charge in [0.2, 0.25) is 5.78 Å². The van der Waals surface area contributed by atoms with E-state index in [4.69, 9.17) is 15.1 Å². The molecule has 0 saturated carbocycles. The van der Waals surface area contributed by atoms with E-state index >= 15 is 0 Å². The molecule has 0 aliphatic heterocycles. The third-order valence-corrected chi connectivity index (χ3v) is 2.36. The largest absolute Gasteiger partial charge is 0.631 e. The Morgan fingerprint density at radius 1 is 1.19 bits per heavy atom. The third kappa shape index (κ3) is 8.49. The molecule has 0 radical (unpaired) electrons. The molecule has 6 heteroatoms. The molecule has 0 fully saturated rings. The van der Waals surface area contributed by atoms with Gasteiger partial charge in [0.05, 0.1) is 12.5 Å². The number of benzene rings is 1. The molecule has 0 saturated heterocycles. The lowest BCUT2D eigenvalue weighted by Gasteiger charge is -1.97. The molecule has 0 aliphatic rings. The van der Waals surface area contributed by atoms with Crippen LogP contribution in [0.15, 0.2) is 30.3 Å². The van der Waals surface area contributed by atoms with Gasteiger partial charge in [0.15, 0.2) is 5.75 Å². The normalized spacial score (nSPS) is 9.38. The van der Waals surface area contributed by atoms with Gasteiger partial charge in [-0.1, -0.05) is 30.3 Å². The fourth-order valence-corrected chi connectivity index (χ4v) is 1.66. The number of carbonyl (C=O) groups is 1. The molecule has 0 unspecified atom stereocenters. The second kappa shape index (κ2) is 8.35. The Morgan fingerprint density at radius 3 is 2.00 bits per heavy atom. The Labute approximate surface area is 98.5 Å². The van der Waals surface area contributed by atoms with Crippen molar-refractivity contribution < 1.29 is 19.9 Å². The van der Waals surface area contributed by atoms with Crippen LogP contribution in [0.4, 0.5) is 0 Å². The molecular formula is C10H16BO4S+. The summed E-state index contributed by atoms with van der Waals surface area (Å²) in [6.07, 6.45) is 4.17. The van der Waals surface area contributed by atoms with Gasteiger partial charge in [0.1, 0.15) is 0 Å². The molecule has 16 heavy (non-hydrogen) atoms. The van der Waals surface area contributed by atoms with Crippen LogP contribution in [-0.2, 0) is 10.9 Å². The van der Waals surface area contributed by atoms with E-state index in [-0.39, 0.29) is 16.7 Å². The van der Waals surface area contributed by atoms with Crippen LogP contribution in [0.3, 0.4) is 0 Å². The summed E-state index contributed by atoms with van der Waals surface area (Å²) in [5.74, 6) is 0.924. The molecule has 0 heterocycles. The highest BCUT2D eigenvalue weighted by molar-refractivity contribution is 7.96. The zero-order chi connectivity index (χ0) is 12.6. The SMILES string of the molecule is C[S+](C)CC(=O)c1ccccc1.OB(O)O. The van der Waals surface area contributed by atoms with Crippen LogP contribution < -0.4 is 0 Å². The first-order chi connectivity index (χ1) is 7.43. The van der Waals surface area contributed by atoms with E-state index in [1.165, 1.54) is 0 Å². The van der Waals surface area contributed by atoms with Crippen molar-refractivity contribution in [3.8, 4) is 0 Å². The minimum atomic E-state index is -2.17. The van der Waals surface area contributed by atoms with Gasteiger partial charge in [-0.05, 0) is 10.9 Å². The van der Waals surface area contributed by atoms with Gasteiger partial charge in [-0.2, -0.15) is 0 Å². The number of hydrogen-bond donors (Lipinski definition) is 3. The van der Waals surface area contributed by atoms with E-state index in [0.717, 1.165) is 5.56 Å². The van der Waals surface area contributed by atoms with Gasteiger partial charge in [0, 0.05) is 5.56 Å². The average Bonchev–Trinajstić information content (AvgIpc) is 2.17. The number of Topliss-reactive ketones (excluding diaryl/α,β-unsaturated/α-hetero) is 1.